The number of fused-ring (bicyclic) bond motifs is 2. The summed E-state index contributed by atoms with van der Waals surface area (Å²) in [6, 6.07) is 0. The molecule has 2 rings (SSSR count). The minimum Gasteiger partial charge on any atom is -0.304 e. The Labute approximate surface area is 112 Å². The number of likely N-dealkylation sites (tertiary alicyclic amines) is 2. The molecule has 3 nitrogen and oxygen atoms in total. The largest absolute Gasteiger partial charge is 0.304 e. The van der Waals surface area contributed by atoms with Crippen LogP contribution >= 0.6 is 0 Å². The summed E-state index contributed by atoms with van der Waals surface area (Å²) in [5.74, 6) is 0.579. The lowest BCUT2D eigenvalue weighted by Gasteiger charge is -2.56. The third-order valence-corrected chi connectivity index (χ3v) is 4.71. The standard InChI is InChI=1S/C15H28N2O/c1-5-7-14-9-16(3)11-15(8-6-2,13(14)18)12-17(4)10-14/h5-12H2,1-4H3. The maximum absolute atomic E-state index is 13.1. The van der Waals surface area contributed by atoms with Crippen molar-refractivity contribution in [3.05, 3.63) is 0 Å². The average Bonchev–Trinajstić information content (AvgIpc) is 2.24. The molecule has 0 aromatic rings. The van der Waals surface area contributed by atoms with Crippen LogP contribution in [0, 0.1) is 10.8 Å². The highest BCUT2D eigenvalue weighted by molar-refractivity contribution is 5.93. The number of hydrogen-bond donors (Lipinski definition) is 0. The van der Waals surface area contributed by atoms with Crippen LogP contribution < -0.4 is 0 Å². The van der Waals surface area contributed by atoms with Crippen LogP contribution in [0.1, 0.15) is 39.5 Å². The topological polar surface area (TPSA) is 23.6 Å². The normalized spacial score (nSPS) is 38.1. The fourth-order valence-corrected chi connectivity index (χ4v) is 4.63. The van der Waals surface area contributed by atoms with Gasteiger partial charge in [0.15, 0.2) is 0 Å². The molecule has 0 atom stereocenters. The Balaban J connectivity index is 2.37. The summed E-state index contributed by atoms with van der Waals surface area (Å²) in [5, 5.41) is 0. The molecule has 0 saturated carbocycles. The van der Waals surface area contributed by atoms with E-state index in [1.165, 1.54) is 0 Å². The highest BCUT2D eigenvalue weighted by Crippen LogP contribution is 2.46. The van der Waals surface area contributed by atoms with Gasteiger partial charge in [0.25, 0.3) is 0 Å². The first-order valence-corrected chi connectivity index (χ1v) is 7.40. The van der Waals surface area contributed by atoms with Gasteiger partial charge in [-0.05, 0) is 26.9 Å². The van der Waals surface area contributed by atoms with E-state index in [0.29, 0.717) is 5.78 Å². The predicted molar refractivity (Wildman–Crippen MR) is 74.7 cm³/mol. The van der Waals surface area contributed by atoms with Gasteiger partial charge in [0.1, 0.15) is 5.78 Å². The van der Waals surface area contributed by atoms with Gasteiger partial charge in [-0.1, -0.05) is 26.7 Å². The maximum atomic E-state index is 13.1. The Morgan fingerprint density at radius 1 is 0.889 bits per heavy atom. The summed E-state index contributed by atoms with van der Waals surface area (Å²) < 4.78 is 0. The van der Waals surface area contributed by atoms with E-state index in [1.807, 2.05) is 0 Å². The van der Waals surface area contributed by atoms with Crippen LogP contribution in [0.15, 0.2) is 0 Å². The monoisotopic (exact) mass is 252 g/mol. The van der Waals surface area contributed by atoms with Crippen LogP contribution in [0.4, 0.5) is 0 Å². The van der Waals surface area contributed by atoms with Crippen molar-refractivity contribution in [1.29, 1.82) is 0 Å². The van der Waals surface area contributed by atoms with Crippen LogP contribution in [0.3, 0.4) is 0 Å². The predicted octanol–water partition coefficient (Wildman–Crippen LogP) is 2.02. The van der Waals surface area contributed by atoms with Crippen molar-refractivity contribution in [1.82, 2.24) is 9.80 Å². The highest BCUT2D eigenvalue weighted by atomic mass is 16.1. The van der Waals surface area contributed by atoms with Crippen molar-refractivity contribution in [3.63, 3.8) is 0 Å². The Morgan fingerprint density at radius 2 is 1.22 bits per heavy atom. The van der Waals surface area contributed by atoms with Gasteiger partial charge in [-0.25, -0.2) is 0 Å². The second-order valence-electron chi connectivity index (χ2n) is 6.73. The summed E-state index contributed by atoms with van der Waals surface area (Å²) in [7, 11) is 4.37. The van der Waals surface area contributed by atoms with Crippen molar-refractivity contribution >= 4 is 5.78 Å². The molecule has 2 heterocycles. The van der Waals surface area contributed by atoms with Crippen molar-refractivity contribution in [2.45, 2.75) is 39.5 Å². The number of Topliss-reactive ketones (excluding diaryl/α,β-unsaturated/α-hetero) is 1. The van der Waals surface area contributed by atoms with Gasteiger partial charge in [-0.15, -0.1) is 0 Å². The zero-order valence-electron chi connectivity index (χ0n) is 12.5. The molecule has 104 valence electrons. The van der Waals surface area contributed by atoms with Crippen LogP contribution in [0.5, 0.6) is 0 Å². The van der Waals surface area contributed by atoms with E-state index >= 15 is 0 Å². The molecular formula is C15H28N2O. The van der Waals surface area contributed by atoms with Crippen LogP contribution in [-0.2, 0) is 4.79 Å². The molecular weight excluding hydrogens is 224 g/mol. The van der Waals surface area contributed by atoms with E-state index in [0.717, 1.165) is 51.9 Å². The van der Waals surface area contributed by atoms with Crippen molar-refractivity contribution in [2.24, 2.45) is 10.8 Å². The van der Waals surface area contributed by atoms with Crippen LogP contribution in [0.2, 0.25) is 0 Å². The average molecular weight is 252 g/mol. The minimum absolute atomic E-state index is 0.0933. The number of ketones is 1. The third kappa shape index (κ3) is 2.12. The molecule has 0 radical (unpaired) electrons. The first kappa shape index (κ1) is 14.0. The summed E-state index contributed by atoms with van der Waals surface area (Å²) in [6.07, 6.45) is 4.31. The van der Waals surface area contributed by atoms with Gasteiger partial charge < -0.3 is 9.80 Å². The lowest BCUT2D eigenvalue weighted by Crippen LogP contribution is -2.68. The molecule has 2 aliphatic rings. The van der Waals surface area contributed by atoms with Crippen molar-refractivity contribution < 1.29 is 4.79 Å². The molecule has 0 aromatic carbocycles. The first-order valence-electron chi connectivity index (χ1n) is 7.40. The van der Waals surface area contributed by atoms with Crippen molar-refractivity contribution in [3.8, 4) is 0 Å². The third-order valence-electron chi connectivity index (χ3n) is 4.71. The number of hydrogen-bond acceptors (Lipinski definition) is 3. The molecule has 2 bridgehead atoms. The molecule has 0 unspecified atom stereocenters. The SMILES string of the molecule is CCCC12CN(C)CC(CCC)(CN(C)C1)C2=O. The lowest BCUT2D eigenvalue weighted by atomic mass is 9.59. The van der Waals surface area contributed by atoms with Crippen LogP contribution in [0.25, 0.3) is 0 Å². The van der Waals surface area contributed by atoms with E-state index in [1.54, 1.807) is 0 Å². The van der Waals surface area contributed by atoms with Crippen LogP contribution in [-0.4, -0.2) is 55.9 Å². The second kappa shape index (κ2) is 4.93. The maximum Gasteiger partial charge on any atom is 0.150 e. The minimum atomic E-state index is -0.0933. The smallest absolute Gasteiger partial charge is 0.150 e. The molecule has 0 aliphatic carbocycles. The summed E-state index contributed by atoms with van der Waals surface area (Å²) >= 11 is 0. The number of nitrogens with zero attached hydrogens (tertiary/aromatic N) is 2. The molecule has 2 aliphatic heterocycles. The summed E-state index contributed by atoms with van der Waals surface area (Å²) in [5.41, 5.74) is -0.187. The number of carbonyl (C=O) groups is 1. The van der Waals surface area contributed by atoms with Gasteiger partial charge in [0.05, 0.1) is 10.8 Å². The highest BCUT2D eigenvalue weighted by Gasteiger charge is 2.57. The molecule has 2 fully saturated rings. The molecule has 0 N–H and O–H groups in total. The Morgan fingerprint density at radius 3 is 1.50 bits per heavy atom. The number of piperidine rings is 2. The molecule has 0 spiro atoms. The van der Waals surface area contributed by atoms with Gasteiger partial charge in [0, 0.05) is 26.2 Å². The molecule has 3 heteroatoms. The first-order chi connectivity index (χ1) is 8.48. The van der Waals surface area contributed by atoms with Crippen molar-refractivity contribution in [2.75, 3.05) is 40.3 Å². The van der Waals surface area contributed by atoms with E-state index in [9.17, 15) is 4.79 Å². The Bertz CT molecular complexity index is 284. The zero-order chi connectivity index (χ0) is 13.4. The van der Waals surface area contributed by atoms with Gasteiger partial charge in [-0.2, -0.15) is 0 Å². The summed E-state index contributed by atoms with van der Waals surface area (Å²) in [4.78, 5) is 17.9. The van der Waals surface area contributed by atoms with Gasteiger partial charge >= 0.3 is 0 Å². The van der Waals surface area contributed by atoms with E-state index in [4.69, 9.17) is 0 Å². The molecule has 0 amide bonds. The fraction of sp³-hybridized carbons (Fsp3) is 0.933. The second-order valence-corrected chi connectivity index (χ2v) is 6.73. The fourth-order valence-electron chi connectivity index (χ4n) is 4.63. The quantitative estimate of drug-likeness (QED) is 0.765. The molecule has 18 heavy (non-hydrogen) atoms. The van der Waals surface area contributed by atoms with Gasteiger partial charge in [0.2, 0.25) is 0 Å². The number of rotatable bonds is 4. The van der Waals surface area contributed by atoms with E-state index < -0.39 is 0 Å². The Hall–Kier alpha value is -0.410. The van der Waals surface area contributed by atoms with E-state index in [-0.39, 0.29) is 10.8 Å². The zero-order valence-corrected chi connectivity index (χ0v) is 12.5. The van der Waals surface area contributed by atoms with Gasteiger partial charge in [-0.3, -0.25) is 4.79 Å². The number of carbonyl (C=O) groups excluding carboxylic acids is 1. The van der Waals surface area contributed by atoms with E-state index in [2.05, 4.69) is 37.7 Å². The molecule has 0 aromatic heterocycles. The molecule has 2 saturated heterocycles. The lowest BCUT2D eigenvalue weighted by molar-refractivity contribution is -0.160. The Kier molecular flexibility index (Phi) is 3.84. The summed E-state index contributed by atoms with van der Waals surface area (Å²) in [6.45, 7) is 8.22.